The van der Waals surface area contributed by atoms with Gasteiger partial charge in [-0.05, 0) is 25.0 Å². The minimum atomic E-state index is 0. The number of hydrogen-bond acceptors (Lipinski definition) is 3. The Morgan fingerprint density at radius 1 is 1.21 bits per heavy atom. The van der Waals surface area contributed by atoms with Crippen molar-refractivity contribution in [2.45, 2.75) is 44.7 Å². The van der Waals surface area contributed by atoms with E-state index in [-0.39, 0.29) is 24.0 Å². The van der Waals surface area contributed by atoms with Gasteiger partial charge in [0.15, 0.2) is 5.96 Å². The van der Waals surface area contributed by atoms with Gasteiger partial charge in [0.1, 0.15) is 6.26 Å². The van der Waals surface area contributed by atoms with Crippen molar-refractivity contribution in [2.24, 2.45) is 4.99 Å². The van der Waals surface area contributed by atoms with Crippen molar-refractivity contribution < 1.29 is 4.42 Å². The molecule has 1 aromatic heterocycles. The van der Waals surface area contributed by atoms with Gasteiger partial charge < -0.3 is 15.1 Å². The molecule has 1 saturated carbocycles. The lowest BCUT2D eigenvalue weighted by Gasteiger charge is -2.24. The fraction of sp³-hybridized carbons (Fsp3) is 0.444. The fourth-order valence-corrected chi connectivity index (χ4v) is 2.91. The number of rotatable bonds is 4. The Hall–Kier alpha value is -1.57. The van der Waals surface area contributed by atoms with Crippen LogP contribution in [-0.4, -0.2) is 24.0 Å². The molecule has 1 aliphatic rings. The first-order valence-corrected chi connectivity index (χ1v) is 8.32. The summed E-state index contributed by atoms with van der Waals surface area (Å²) in [4.78, 5) is 8.82. The number of nitrogens with zero attached hydrogens (tertiary/aromatic N) is 2. The summed E-state index contributed by atoms with van der Waals surface area (Å²) in [7, 11) is 1.80. The van der Waals surface area contributed by atoms with Gasteiger partial charge in [0, 0.05) is 18.7 Å². The zero-order valence-corrected chi connectivity index (χ0v) is 16.3. The maximum atomic E-state index is 5.56. The number of aliphatic imine (C=N–C) groups is 1. The number of hydrogen-bond donors (Lipinski definition) is 2. The fourth-order valence-electron chi connectivity index (χ4n) is 2.91. The molecule has 0 spiro atoms. The number of benzene rings is 1. The van der Waals surface area contributed by atoms with Gasteiger partial charge in [0.2, 0.25) is 5.89 Å². The molecule has 3 rings (SSSR count). The summed E-state index contributed by atoms with van der Waals surface area (Å²) in [6.07, 6.45) is 8.11. The highest BCUT2D eigenvalue weighted by molar-refractivity contribution is 14.0. The molecule has 2 N–H and O–H groups in total. The van der Waals surface area contributed by atoms with Gasteiger partial charge >= 0.3 is 0 Å². The van der Waals surface area contributed by atoms with E-state index in [0.717, 1.165) is 17.2 Å². The number of halogens is 1. The van der Waals surface area contributed by atoms with Crippen LogP contribution < -0.4 is 10.6 Å². The van der Waals surface area contributed by atoms with Gasteiger partial charge in [-0.1, -0.05) is 37.5 Å². The summed E-state index contributed by atoms with van der Waals surface area (Å²) in [5.41, 5.74) is 1.86. The lowest BCUT2D eigenvalue weighted by atomic mass is 9.96. The summed E-state index contributed by atoms with van der Waals surface area (Å²) in [6, 6.07) is 10.5. The van der Waals surface area contributed by atoms with E-state index in [9.17, 15) is 0 Å². The molecule has 6 heteroatoms. The van der Waals surface area contributed by atoms with Crippen molar-refractivity contribution in [1.82, 2.24) is 15.6 Å². The molecule has 0 amide bonds. The monoisotopic (exact) mass is 440 g/mol. The molecule has 1 heterocycles. The third kappa shape index (κ3) is 5.22. The smallest absolute Gasteiger partial charge is 0.226 e. The van der Waals surface area contributed by atoms with Crippen LogP contribution in [0.4, 0.5) is 0 Å². The lowest BCUT2D eigenvalue weighted by Crippen LogP contribution is -2.43. The van der Waals surface area contributed by atoms with Crippen molar-refractivity contribution in [3.05, 3.63) is 42.3 Å². The third-order valence-corrected chi connectivity index (χ3v) is 4.18. The quantitative estimate of drug-likeness (QED) is 0.429. The Labute approximate surface area is 160 Å². The standard InChI is InChI=1S/C18H24N4O.HI/c1-19-18(22-15-10-6-3-7-11-15)20-12-16-13-23-17(21-16)14-8-4-2-5-9-14;/h2,4-5,8-9,13,15H,3,6-7,10-12H2,1H3,(H2,19,20,22);1H. The van der Waals surface area contributed by atoms with Crippen LogP contribution in [0.3, 0.4) is 0 Å². The summed E-state index contributed by atoms with van der Waals surface area (Å²) in [5.74, 6) is 1.48. The summed E-state index contributed by atoms with van der Waals surface area (Å²) in [5, 5.41) is 6.81. The molecule has 0 unspecified atom stereocenters. The van der Waals surface area contributed by atoms with Crippen LogP contribution in [0.15, 0.2) is 46.0 Å². The lowest BCUT2D eigenvalue weighted by molar-refractivity contribution is 0.410. The average Bonchev–Trinajstić information content (AvgIpc) is 3.09. The van der Waals surface area contributed by atoms with E-state index in [2.05, 4.69) is 20.6 Å². The van der Waals surface area contributed by atoms with Crippen LogP contribution >= 0.6 is 24.0 Å². The molecule has 0 aliphatic heterocycles. The molecular formula is C18H25IN4O. The van der Waals surface area contributed by atoms with Crippen molar-refractivity contribution in [3.8, 4) is 11.5 Å². The first-order chi connectivity index (χ1) is 11.3. The molecule has 0 radical (unpaired) electrons. The van der Waals surface area contributed by atoms with E-state index in [4.69, 9.17) is 4.42 Å². The Bertz CT molecular complexity index is 635. The normalized spacial score (nSPS) is 15.6. The number of oxazole rings is 1. The minimum Gasteiger partial charge on any atom is -0.444 e. The molecule has 1 aliphatic carbocycles. The summed E-state index contributed by atoms with van der Waals surface area (Å²) in [6.45, 7) is 0.600. The molecular weight excluding hydrogens is 415 g/mol. The molecule has 1 aromatic carbocycles. The average molecular weight is 440 g/mol. The van der Waals surface area contributed by atoms with E-state index in [1.54, 1.807) is 13.3 Å². The highest BCUT2D eigenvalue weighted by atomic mass is 127. The molecule has 130 valence electrons. The van der Waals surface area contributed by atoms with E-state index < -0.39 is 0 Å². The van der Waals surface area contributed by atoms with Crippen LogP contribution in [0, 0.1) is 0 Å². The van der Waals surface area contributed by atoms with Gasteiger partial charge in [-0.2, -0.15) is 0 Å². The summed E-state index contributed by atoms with van der Waals surface area (Å²) >= 11 is 0. The first-order valence-electron chi connectivity index (χ1n) is 8.32. The highest BCUT2D eigenvalue weighted by Gasteiger charge is 2.14. The second-order valence-electron chi connectivity index (χ2n) is 5.92. The first kappa shape index (κ1) is 18.8. The molecule has 5 nitrogen and oxygen atoms in total. The van der Waals surface area contributed by atoms with Crippen LogP contribution in [-0.2, 0) is 6.54 Å². The van der Waals surface area contributed by atoms with Gasteiger partial charge in [-0.25, -0.2) is 4.98 Å². The number of guanidine groups is 1. The summed E-state index contributed by atoms with van der Waals surface area (Å²) < 4.78 is 5.56. The van der Waals surface area contributed by atoms with Crippen LogP contribution in [0.1, 0.15) is 37.8 Å². The second-order valence-corrected chi connectivity index (χ2v) is 5.92. The number of aromatic nitrogens is 1. The number of nitrogens with one attached hydrogen (secondary N) is 2. The Kier molecular flexibility index (Phi) is 7.55. The molecule has 1 fully saturated rings. The zero-order valence-electron chi connectivity index (χ0n) is 14.0. The molecule has 2 aromatic rings. The Morgan fingerprint density at radius 3 is 2.67 bits per heavy atom. The van der Waals surface area contributed by atoms with Crippen LogP contribution in [0.5, 0.6) is 0 Å². The van der Waals surface area contributed by atoms with Gasteiger partial charge in [0.05, 0.1) is 12.2 Å². The van der Waals surface area contributed by atoms with Gasteiger partial charge in [0.25, 0.3) is 0 Å². The van der Waals surface area contributed by atoms with E-state index >= 15 is 0 Å². The van der Waals surface area contributed by atoms with Crippen LogP contribution in [0.2, 0.25) is 0 Å². The SMILES string of the molecule is CN=C(NCc1coc(-c2ccccc2)n1)NC1CCCCC1.I. The van der Waals surface area contributed by atoms with Crippen molar-refractivity contribution in [2.75, 3.05) is 7.05 Å². The molecule has 24 heavy (non-hydrogen) atoms. The largest absolute Gasteiger partial charge is 0.444 e. The van der Waals surface area contributed by atoms with Crippen LogP contribution in [0.25, 0.3) is 11.5 Å². The molecule has 0 atom stereocenters. The van der Waals surface area contributed by atoms with E-state index in [0.29, 0.717) is 18.5 Å². The predicted octanol–water partition coefficient (Wildman–Crippen LogP) is 3.96. The van der Waals surface area contributed by atoms with Gasteiger partial charge in [-0.15, -0.1) is 24.0 Å². The topological polar surface area (TPSA) is 62.5 Å². The Morgan fingerprint density at radius 2 is 1.96 bits per heavy atom. The maximum absolute atomic E-state index is 5.56. The van der Waals surface area contributed by atoms with Crippen molar-refractivity contribution >= 4 is 29.9 Å². The molecule has 0 bridgehead atoms. The molecule has 0 saturated heterocycles. The van der Waals surface area contributed by atoms with E-state index in [1.165, 1.54) is 32.1 Å². The maximum Gasteiger partial charge on any atom is 0.226 e. The Balaban J connectivity index is 0.00000208. The minimum absolute atomic E-state index is 0. The zero-order chi connectivity index (χ0) is 15.9. The van der Waals surface area contributed by atoms with Crippen molar-refractivity contribution in [3.63, 3.8) is 0 Å². The predicted molar refractivity (Wildman–Crippen MR) is 108 cm³/mol. The second kappa shape index (κ2) is 9.66. The van der Waals surface area contributed by atoms with Gasteiger partial charge in [-0.3, -0.25) is 4.99 Å². The van der Waals surface area contributed by atoms with Crippen molar-refractivity contribution in [1.29, 1.82) is 0 Å². The highest BCUT2D eigenvalue weighted by Crippen LogP contribution is 2.18. The third-order valence-electron chi connectivity index (χ3n) is 4.18. The van der Waals surface area contributed by atoms with E-state index in [1.807, 2.05) is 30.3 Å².